The summed E-state index contributed by atoms with van der Waals surface area (Å²) in [5.74, 6) is 0.831. The Morgan fingerprint density at radius 2 is 2.05 bits per heavy atom. The molecule has 1 unspecified atom stereocenters. The van der Waals surface area contributed by atoms with Crippen molar-refractivity contribution in [1.29, 1.82) is 0 Å². The van der Waals surface area contributed by atoms with Crippen LogP contribution in [-0.2, 0) is 9.84 Å². The van der Waals surface area contributed by atoms with E-state index in [-0.39, 0.29) is 12.4 Å². The van der Waals surface area contributed by atoms with E-state index in [4.69, 9.17) is 4.74 Å². The zero-order valence-corrected chi connectivity index (χ0v) is 13.0. The van der Waals surface area contributed by atoms with Gasteiger partial charge in [-0.05, 0) is 31.0 Å². The fraction of sp³-hybridized carbons (Fsp3) is 0.571. The van der Waals surface area contributed by atoms with Crippen molar-refractivity contribution in [2.75, 3.05) is 31.7 Å². The van der Waals surface area contributed by atoms with Crippen LogP contribution in [0, 0.1) is 13.8 Å². The third kappa shape index (κ3) is 6.88. The lowest BCUT2D eigenvalue weighted by Crippen LogP contribution is -2.34. The number of nitrogens with one attached hydrogen (secondary N) is 1. The fourth-order valence-electron chi connectivity index (χ4n) is 1.63. The van der Waals surface area contributed by atoms with Gasteiger partial charge in [0.1, 0.15) is 28.3 Å². The summed E-state index contributed by atoms with van der Waals surface area (Å²) in [6.07, 6.45) is 0.517. The summed E-state index contributed by atoms with van der Waals surface area (Å²) in [4.78, 5) is 0. The average Bonchev–Trinajstić information content (AvgIpc) is 2.34. The van der Waals surface area contributed by atoms with Gasteiger partial charge in [0, 0.05) is 19.3 Å². The quantitative estimate of drug-likeness (QED) is 0.691. The van der Waals surface area contributed by atoms with Crippen LogP contribution in [0.4, 0.5) is 0 Å². The standard InChI is InChI=1S/C14H23NO4S/c1-11-4-5-12(2)14(8-11)19-10-13(16)9-15-6-7-20(3,17)18/h4-5,8,13,15-16H,6-7,9-10H2,1-3H3. The molecule has 1 rings (SSSR count). The van der Waals surface area contributed by atoms with Gasteiger partial charge in [-0.2, -0.15) is 0 Å². The Bertz CT molecular complexity index is 528. The second-order valence-electron chi connectivity index (χ2n) is 5.07. The monoisotopic (exact) mass is 301 g/mol. The lowest BCUT2D eigenvalue weighted by Gasteiger charge is -2.15. The van der Waals surface area contributed by atoms with Crippen molar-refractivity contribution in [3.8, 4) is 5.75 Å². The second kappa shape index (κ2) is 7.61. The van der Waals surface area contributed by atoms with E-state index < -0.39 is 15.9 Å². The molecule has 0 bridgehead atoms. The molecule has 1 aromatic rings. The normalized spacial score (nSPS) is 13.2. The van der Waals surface area contributed by atoms with Crippen molar-refractivity contribution in [2.45, 2.75) is 20.0 Å². The van der Waals surface area contributed by atoms with E-state index in [0.717, 1.165) is 16.9 Å². The summed E-state index contributed by atoms with van der Waals surface area (Å²) in [7, 11) is -2.96. The highest BCUT2D eigenvalue weighted by atomic mass is 32.2. The van der Waals surface area contributed by atoms with Gasteiger partial charge in [0.05, 0.1) is 5.75 Å². The van der Waals surface area contributed by atoms with Crippen LogP contribution in [0.15, 0.2) is 18.2 Å². The topological polar surface area (TPSA) is 75.6 Å². The van der Waals surface area contributed by atoms with Crippen LogP contribution in [0.5, 0.6) is 5.75 Å². The maximum atomic E-state index is 10.9. The zero-order valence-electron chi connectivity index (χ0n) is 12.2. The maximum Gasteiger partial charge on any atom is 0.148 e. The van der Waals surface area contributed by atoms with Gasteiger partial charge in [0.15, 0.2) is 0 Å². The summed E-state index contributed by atoms with van der Waals surface area (Å²) in [5, 5.41) is 12.7. The molecule has 0 aliphatic heterocycles. The molecule has 0 aliphatic rings. The summed E-state index contributed by atoms with van der Waals surface area (Å²) >= 11 is 0. The van der Waals surface area contributed by atoms with Crippen molar-refractivity contribution in [1.82, 2.24) is 5.32 Å². The van der Waals surface area contributed by atoms with Crippen LogP contribution in [-0.4, -0.2) is 51.3 Å². The molecule has 1 aromatic carbocycles. The second-order valence-corrected chi connectivity index (χ2v) is 7.33. The summed E-state index contributed by atoms with van der Waals surface area (Å²) in [6.45, 7) is 4.75. The average molecular weight is 301 g/mol. The molecule has 20 heavy (non-hydrogen) atoms. The molecule has 0 heterocycles. The molecular weight excluding hydrogens is 278 g/mol. The SMILES string of the molecule is Cc1ccc(C)c(OCC(O)CNCCS(C)(=O)=O)c1. The minimum absolute atomic E-state index is 0.0670. The number of aliphatic hydroxyl groups is 1. The lowest BCUT2D eigenvalue weighted by atomic mass is 10.1. The number of aryl methyl sites for hydroxylation is 2. The maximum absolute atomic E-state index is 10.9. The van der Waals surface area contributed by atoms with Crippen LogP contribution in [0.2, 0.25) is 0 Å². The van der Waals surface area contributed by atoms with E-state index in [1.165, 1.54) is 6.26 Å². The first-order valence-corrected chi connectivity index (χ1v) is 8.60. The molecule has 0 fully saturated rings. The van der Waals surface area contributed by atoms with Gasteiger partial charge in [-0.3, -0.25) is 0 Å². The smallest absolute Gasteiger partial charge is 0.148 e. The number of ether oxygens (including phenoxy) is 1. The number of rotatable bonds is 8. The number of aliphatic hydroxyl groups excluding tert-OH is 1. The number of hydrogen-bond acceptors (Lipinski definition) is 5. The largest absolute Gasteiger partial charge is 0.491 e. The van der Waals surface area contributed by atoms with Gasteiger partial charge in [-0.15, -0.1) is 0 Å². The van der Waals surface area contributed by atoms with Gasteiger partial charge in [-0.25, -0.2) is 8.42 Å². The first-order chi connectivity index (χ1) is 9.28. The Morgan fingerprint density at radius 3 is 2.70 bits per heavy atom. The van der Waals surface area contributed by atoms with Crippen LogP contribution in [0.25, 0.3) is 0 Å². The van der Waals surface area contributed by atoms with E-state index in [2.05, 4.69) is 5.32 Å². The molecule has 0 aromatic heterocycles. The Hall–Kier alpha value is -1.11. The highest BCUT2D eigenvalue weighted by molar-refractivity contribution is 7.90. The lowest BCUT2D eigenvalue weighted by molar-refractivity contribution is 0.106. The molecule has 114 valence electrons. The molecule has 5 nitrogen and oxygen atoms in total. The Morgan fingerprint density at radius 1 is 1.35 bits per heavy atom. The molecule has 0 spiro atoms. The molecule has 0 amide bonds. The fourth-order valence-corrected chi connectivity index (χ4v) is 2.15. The Kier molecular flexibility index (Phi) is 6.45. The highest BCUT2D eigenvalue weighted by Gasteiger charge is 2.08. The summed E-state index contributed by atoms with van der Waals surface area (Å²) in [6, 6.07) is 5.91. The molecule has 6 heteroatoms. The van der Waals surface area contributed by atoms with Crippen molar-refractivity contribution in [3.63, 3.8) is 0 Å². The van der Waals surface area contributed by atoms with Gasteiger partial charge < -0.3 is 15.2 Å². The van der Waals surface area contributed by atoms with E-state index in [0.29, 0.717) is 13.1 Å². The Balaban J connectivity index is 2.29. The predicted molar refractivity (Wildman–Crippen MR) is 80.0 cm³/mol. The number of hydrogen-bond donors (Lipinski definition) is 2. The van der Waals surface area contributed by atoms with Crippen molar-refractivity contribution >= 4 is 9.84 Å². The van der Waals surface area contributed by atoms with Crippen LogP contribution in [0.1, 0.15) is 11.1 Å². The van der Waals surface area contributed by atoms with E-state index in [1.807, 2.05) is 32.0 Å². The first kappa shape index (κ1) is 16.9. The van der Waals surface area contributed by atoms with Gasteiger partial charge in [0.25, 0.3) is 0 Å². The minimum atomic E-state index is -2.96. The van der Waals surface area contributed by atoms with Gasteiger partial charge in [-0.1, -0.05) is 12.1 Å². The highest BCUT2D eigenvalue weighted by Crippen LogP contribution is 2.19. The van der Waals surface area contributed by atoms with Crippen molar-refractivity contribution in [2.24, 2.45) is 0 Å². The van der Waals surface area contributed by atoms with E-state index >= 15 is 0 Å². The number of benzene rings is 1. The van der Waals surface area contributed by atoms with Crippen LogP contribution in [0.3, 0.4) is 0 Å². The minimum Gasteiger partial charge on any atom is -0.491 e. The molecule has 0 aliphatic carbocycles. The molecule has 1 atom stereocenters. The van der Waals surface area contributed by atoms with Crippen LogP contribution >= 0.6 is 0 Å². The van der Waals surface area contributed by atoms with Crippen molar-refractivity contribution < 1.29 is 18.3 Å². The molecule has 0 saturated carbocycles. The Labute approximate surface area is 120 Å². The zero-order chi connectivity index (χ0) is 15.2. The molecule has 2 N–H and O–H groups in total. The molecular formula is C14H23NO4S. The van der Waals surface area contributed by atoms with E-state index in [9.17, 15) is 13.5 Å². The van der Waals surface area contributed by atoms with Crippen molar-refractivity contribution in [3.05, 3.63) is 29.3 Å². The summed E-state index contributed by atoms with van der Waals surface area (Å²) < 4.78 is 27.4. The molecule has 0 saturated heterocycles. The van der Waals surface area contributed by atoms with Gasteiger partial charge in [0.2, 0.25) is 0 Å². The number of sulfone groups is 1. The van der Waals surface area contributed by atoms with Gasteiger partial charge >= 0.3 is 0 Å². The van der Waals surface area contributed by atoms with Crippen LogP contribution < -0.4 is 10.1 Å². The van der Waals surface area contributed by atoms with E-state index in [1.54, 1.807) is 0 Å². The third-order valence-corrected chi connectivity index (χ3v) is 3.75. The predicted octanol–water partition coefficient (Wildman–Crippen LogP) is 0.677. The summed E-state index contributed by atoms with van der Waals surface area (Å²) in [5.41, 5.74) is 2.12. The first-order valence-electron chi connectivity index (χ1n) is 6.54. The molecule has 0 radical (unpaired) electrons. The third-order valence-electron chi connectivity index (χ3n) is 2.80.